The molecule has 0 bridgehead atoms. The average molecular weight is 2190 g/mol. The maximum atomic E-state index is 2.79. The van der Waals surface area contributed by atoms with Crippen molar-refractivity contribution in [2.45, 2.75) is 449 Å². The van der Waals surface area contributed by atoms with Crippen molar-refractivity contribution >= 4 is 55.7 Å². The predicted octanol–water partition coefficient (Wildman–Crippen LogP) is 41.5. The molecule has 3 heterocycles. The number of allylic oxidation sites excluding steroid dienone is 6. The third kappa shape index (κ3) is 44.1. The van der Waals surface area contributed by atoms with Crippen molar-refractivity contribution in [2.24, 2.45) is 41.4 Å². The van der Waals surface area contributed by atoms with E-state index in [1.165, 1.54) is 459 Å². The smallest absolute Gasteiger partial charge is 0.358 e. The van der Waals surface area contributed by atoms with Gasteiger partial charge in [0.25, 0.3) is 0 Å². The van der Waals surface area contributed by atoms with Gasteiger partial charge in [-0.2, -0.15) is 13.7 Å². The number of fused-ring (bicyclic) bond motifs is 7. The van der Waals surface area contributed by atoms with E-state index < -0.39 is 0 Å². The maximum absolute atomic E-state index is 2.79. The monoisotopic (exact) mass is 2190 g/mol. The van der Waals surface area contributed by atoms with E-state index in [0.29, 0.717) is 5.92 Å². The van der Waals surface area contributed by atoms with E-state index in [-0.39, 0.29) is 208 Å². The molecule has 0 aromatic heterocycles. The zero-order valence-electron chi connectivity index (χ0n) is 95.1. The Balaban J connectivity index is -0.000000402. The molecule has 12 fully saturated rings. The first-order valence-electron chi connectivity index (χ1n) is 54.0. The van der Waals surface area contributed by atoms with Crippen molar-refractivity contribution in [2.75, 3.05) is 20.1 Å². The molecule has 0 saturated heterocycles. The van der Waals surface area contributed by atoms with Crippen molar-refractivity contribution in [1.29, 1.82) is 0 Å². The standard InChI is InChI=1S/C35H48N.C29H38N.C27H34N.6C5H10.12CH3.6Fe/c1-35(26-29-17-6-7-18-29)33(24-21-28-14-4-5-15-28)36(25-11-10-16-27-12-2-3-13-27)32-23-22-30-19-8-9-20-31(30)34(32)35;1-22(2)18-19-30-27-16-14-23(3)20-26(27)29(4,21-25-12-6-5-7-13-25)28(30)17-15-24-10-8-9-11-24;1-27(19-21-11-5-6-12-21)25(18-15-20-9-3-4-10-20)28(2)24-17-16-22-13-7-8-14-23(22)26(24)27;6*1-2-4-5-3-1;;;;;;;;;;;;;;;;;;/h8-9,19-24,27-29H,2-7,10-18,25-26H2,1H3;5-7,12-17,20,22,24H,8-11,18-19,21H2,1-4H3;7-8,13-18,20-21H,3-6,9-12,19H2,1-2H3;6*1-5H2;12*1H3;;;;;;/q3*+1;;;;;;;12*-1;6*+2/b24-21+;17-15+;18-15+;;;;;;;;;;;;;;;;;;;;;;;;. The van der Waals surface area contributed by atoms with Gasteiger partial charge in [-0.15, -0.1) is 0 Å². The Bertz CT molecular complexity index is 4210. The van der Waals surface area contributed by atoms with Gasteiger partial charge in [0.1, 0.15) is 20.1 Å². The molecule has 3 unspecified atom stereocenters. The third-order valence-corrected chi connectivity index (χ3v) is 32.9. The molecule has 0 spiro atoms. The van der Waals surface area contributed by atoms with E-state index in [1.54, 1.807) is 16.8 Å². The van der Waals surface area contributed by atoms with Gasteiger partial charge >= 0.3 is 102 Å². The molecule has 12 aliphatic carbocycles. The van der Waals surface area contributed by atoms with Gasteiger partial charge in [-0.1, -0.05) is 437 Å². The SMILES string of the molecule is C1CCCC1.C1CCCC1.C1CCCC1.C1CCCC1.C1CCCC1.C1CCCC1.CC1(CC2CCCC2)C(/C=C/C2CCCC2)=[N+](CCCCC2CCCC2)c2ccc3ccccc3c21.C[N+]1=C(/C=C/C2CCCC2)C(C)(CC2CCCC2)c2c1ccc1ccccc21.Cc1ccc2c(c1)C(C)(Cc1ccccc1)C(/C=C/C1CCCC1)=[N+]2CCC(C)C.[CH3-].[CH3-].[CH3-].[CH3-].[CH3-].[CH3-].[CH3-].[CH3-].[CH3-].[CH3-].[CH3-].[CH3-].[Fe+2].[Fe+2].[Fe+2].[Fe+2].[Fe+2].[Fe+2]. The molecule has 21 rings (SSSR count). The number of benzene rings is 6. The summed E-state index contributed by atoms with van der Waals surface area (Å²) in [6, 6.07) is 45.9. The first-order chi connectivity index (χ1) is 60.9. The number of hydrogen-bond acceptors (Lipinski definition) is 0. The van der Waals surface area contributed by atoms with Crippen LogP contribution < -0.4 is 0 Å². The van der Waals surface area contributed by atoms with E-state index >= 15 is 0 Å². The fourth-order valence-electron chi connectivity index (χ4n) is 25.6. The van der Waals surface area contributed by atoms with Gasteiger partial charge in [0.15, 0.2) is 17.1 Å². The van der Waals surface area contributed by atoms with Crippen LogP contribution in [-0.4, -0.2) is 51.0 Å². The van der Waals surface area contributed by atoms with E-state index in [1.807, 2.05) is 0 Å². The first kappa shape index (κ1) is 150. The van der Waals surface area contributed by atoms with Crippen LogP contribution in [0.3, 0.4) is 0 Å². The first-order valence-corrected chi connectivity index (χ1v) is 54.0. The predicted molar refractivity (Wildman–Crippen MR) is 619 cm³/mol. The van der Waals surface area contributed by atoms with E-state index in [2.05, 4.69) is 220 Å². The van der Waals surface area contributed by atoms with Crippen molar-refractivity contribution in [3.05, 3.63) is 275 Å². The van der Waals surface area contributed by atoms with Gasteiger partial charge in [0.2, 0.25) is 17.1 Å². The fourth-order valence-corrected chi connectivity index (χ4v) is 25.6. The molecule has 0 radical (unpaired) electrons. The Morgan fingerprint density at radius 3 is 0.965 bits per heavy atom. The number of nitrogens with zero attached hydrogens (tertiary/aromatic N) is 3. The summed E-state index contributed by atoms with van der Waals surface area (Å²) < 4.78 is 7.93. The van der Waals surface area contributed by atoms with Gasteiger partial charge in [-0.05, 0) is 179 Å². The van der Waals surface area contributed by atoms with Crippen molar-refractivity contribution in [3.8, 4) is 0 Å². The van der Waals surface area contributed by atoms with Crippen LogP contribution in [0.1, 0.15) is 448 Å². The Kier molecular flexibility index (Phi) is 85.5. The second-order valence-electron chi connectivity index (χ2n) is 43.4. The largest absolute Gasteiger partial charge is 2.00 e. The Labute approximate surface area is 949 Å². The molecule has 0 amide bonds. The Morgan fingerprint density at radius 1 is 0.303 bits per heavy atom. The molecule has 6 aromatic rings. The van der Waals surface area contributed by atoms with Crippen LogP contribution in [0, 0.1) is 137 Å². The Hall–Kier alpha value is -2.81. The van der Waals surface area contributed by atoms with Crippen LogP contribution in [0.15, 0.2) is 158 Å². The van der Waals surface area contributed by atoms with Crippen LogP contribution >= 0.6 is 0 Å². The molecular formula is C133H216Fe6N3+3. The molecule has 9 heteroatoms. The van der Waals surface area contributed by atoms with E-state index in [9.17, 15) is 0 Å². The minimum atomic E-state index is 0. The van der Waals surface area contributed by atoms with Gasteiger partial charge in [-0.3, -0.25) is 0 Å². The van der Waals surface area contributed by atoms with Gasteiger partial charge in [-0.25, -0.2) is 0 Å². The number of hydrogen-bond donors (Lipinski definition) is 0. The topological polar surface area (TPSA) is 9.03 Å². The summed E-state index contributed by atoms with van der Waals surface area (Å²) in [6.45, 7) is 16.8. The number of rotatable bonds is 20. The molecule has 808 valence electrons. The summed E-state index contributed by atoms with van der Waals surface area (Å²) in [6.07, 6.45) is 103. The molecule has 0 N–H and O–H groups in total. The quantitative estimate of drug-likeness (QED) is 0.0312. The summed E-state index contributed by atoms with van der Waals surface area (Å²) in [5, 5.41) is 5.75. The zero-order valence-corrected chi connectivity index (χ0v) is 102. The molecule has 15 aliphatic rings. The summed E-state index contributed by atoms with van der Waals surface area (Å²) in [7, 11) is 2.29. The molecule has 3 nitrogen and oxygen atoms in total. The summed E-state index contributed by atoms with van der Waals surface area (Å²) >= 11 is 0. The zero-order chi connectivity index (χ0) is 85.9. The average Bonchev–Trinajstić information content (AvgIpc) is 1.58. The van der Waals surface area contributed by atoms with Crippen LogP contribution in [0.5, 0.6) is 0 Å². The second kappa shape index (κ2) is 81.0. The van der Waals surface area contributed by atoms with Crippen LogP contribution in [0.2, 0.25) is 0 Å². The maximum Gasteiger partial charge on any atom is 2.00 e. The van der Waals surface area contributed by atoms with Gasteiger partial charge < -0.3 is 89.1 Å². The molecule has 12 saturated carbocycles. The minimum absolute atomic E-state index is 0. The van der Waals surface area contributed by atoms with Crippen LogP contribution in [0.25, 0.3) is 21.5 Å². The molecule has 6 aromatic carbocycles. The molecule has 142 heavy (non-hydrogen) atoms. The van der Waals surface area contributed by atoms with Crippen molar-refractivity contribution in [1.82, 2.24) is 0 Å². The molecule has 3 atom stereocenters. The minimum Gasteiger partial charge on any atom is -0.358 e. The van der Waals surface area contributed by atoms with E-state index in [4.69, 9.17) is 0 Å². The normalized spacial score (nSPS) is 21.4. The summed E-state index contributed by atoms with van der Waals surface area (Å²) in [5.74, 6) is 5.81. The number of aryl methyl sites for hydroxylation is 1. The van der Waals surface area contributed by atoms with Crippen molar-refractivity contribution < 1.29 is 116 Å². The van der Waals surface area contributed by atoms with Crippen LogP contribution in [-0.2, 0) is 125 Å². The van der Waals surface area contributed by atoms with Gasteiger partial charge in [0.05, 0.1) is 16.2 Å². The summed E-state index contributed by atoms with van der Waals surface area (Å²) in [4.78, 5) is 0. The van der Waals surface area contributed by atoms with E-state index in [0.717, 1.165) is 48.5 Å². The fraction of sp³-hybridized carbons (Fsp3) is 0.602. The molecular weight excluding hydrogens is 1970 g/mol. The third-order valence-electron chi connectivity index (χ3n) is 32.9. The number of unbranched alkanes of at least 4 members (excludes halogenated alkanes) is 1. The Morgan fingerprint density at radius 2 is 0.599 bits per heavy atom. The molecule has 3 aliphatic heterocycles. The van der Waals surface area contributed by atoms with Gasteiger partial charge in [0, 0.05) is 66.0 Å². The van der Waals surface area contributed by atoms with Crippen LogP contribution in [0.4, 0.5) is 17.1 Å². The van der Waals surface area contributed by atoms with Crippen molar-refractivity contribution in [3.63, 3.8) is 0 Å². The second-order valence-corrected chi connectivity index (χ2v) is 43.4. The summed E-state index contributed by atoms with van der Waals surface area (Å²) in [5.41, 5.74) is 16.7.